The van der Waals surface area contributed by atoms with Crippen LogP contribution in [0.15, 0.2) is 22.7 Å². The van der Waals surface area contributed by atoms with Crippen molar-refractivity contribution in [1.29, 1.82) is 0 Å². The Balaban J connectivity index is 2.17. The Morgan fingerprint density at radius 1 is 1.39 bits per heavy atom. The van der Waals surface area contributed by atoms with Crippen molar-refractivity contribution in [2.45, 2.75) is 51.7 Å². The monoisotopic (exact) mass is 311 g/mol. The third-order valence-electron chi connectivity index (χ3n) is 4.03. The summed E-state index contributed by atoms with van der Waals surface area (Å²) in [6, 6.07) is 7.64. The Hall–Kier alpha value is -0.540. The van der Waals surface area contributed by atoms with Gasteiger partial charge in [-0.3, -0.25) is 4.90 Å². The molecule has 0 amide bonds. The maximum atomic E-state index is 5.31. The molecule has 2 nitrogen and oxygen atoms in total. The van der Waals surface area contributed by atoms with E-state index in [1.54, 1.807) is 7.11 Å². The first-order chi connectivity index (χ1) is 8.65. The van der Waals surface area contributed by atoms with Crippen molar-refractivity contribution in [2.24, 2.45) is 0 Å². The zero-order chi connectivity index (χ0) is 13.1. The average molecular weight is 312 g/mol. The standard InChI is InChI=1S/C15H22BrNO/c1-4-13-6-5-11(2)17(13)10-12-9-14(18-3)7-8-15(12)16/h7-9,11,13H,4-6,10H2,1-3H3. The summed E-state index contributed by atoms with van der Waals surface area (Å²) in [6.07, 6.45) is 3.89. The molecule has 1 aromatic rings. The molecule has 1 heterocycles. The van der Waals surface area contributed by atoms with E-state index in [1.807, 2.05) is 6.07 Å². The first-order valence-electron chi connectivity index (χ1n) is 6.73. The molecule has 1 aliphatic heterocycles. The fraction of sp³-hybridized carbons (Fsp3) is 0.600. The number of hydrogen-bond donors (Lipinski definition) is 0. The number of hydrogen-bond acceptors (Lipinski definition) is 2. The van der Waals surface area contributed by atoms with Gasteiger partial charge in [-0.1, -0.05) is 22.9 Å². The van der Waals surface area contributed by atoms with Crippen LogP contribution in [0.2, 0.25) is 0 Å². The zero-order valence-corrected chi connectivity index (χ0v) is 13.0. The van der Waals surface area contributed by atoms with Gasteiger partial charge >= 0.3 is 0 Å². The molecule has 0 N–H and O–H groups in total. The van der Waals surface area contributed by atoms with Crippen LogP contribution >= 0.6 is 15.9 Å². The van der Waals surface area contributed by atoms with Crippen LogP contribution in [0.25, 0.3) is 0 Å². The number of methoxy groups -OCH3 is 1. The van der Waals surface area contributed by atoms with E-state index >= 15 is 0 Å². The minimum Gasteiger partial charge on any atom is -0.497 e. The van der Waals surface area contributed by atoms with Crippen molar-refractivity contribution >= 4 is 15.9 Å². The van der Waals surface area contributed by atoms with Crippen LogP contribution in [-0.4, -0.2) is 24.1 Å². The Bertz CT molecular complexity index is 407. The molecule has 2 unspecified atom stereocenters. The van der Waals surface area contributed by atoms with E-state index in [4.69, 9.17) is 4.74 Å². The van der Waals surface area contributed by atoms with Crippen LogP contribution in [0.4, 0.5) is 0 Å². The topological polar surface area (TPSA) is 12.5 Å². The van der Waals surface area contributed by atoms with Gasteiger partial charge in [0.1, 0.15) is 5.75 Å². The van der Waals surface area contributed by atoms with Crippen LogP contribution in [0.1, 0.15) is 38.7 Å². The SMILES string of the molecule is CCC1CCC(C)N1Cc1cc(OC)ccc1Br. The molecule has 1 aliphatic rings. The first-order valence-corrected chi connectivity index (χ1v) is 7.53. The molecule has 1 aromatic carbocycles. The van der Waals surface area contributed by atoms with E-state index < -0.39 is 0 Å². The van der Waals surface area contributed by atoms with Crippen LogP contribution in [0.3, 0.4) is 0 Å². The molecule has 0 bridgehead atoms. The highest BCUT2D eigenvalue weighted by molar-refractivity contribution is 9.10. The van der Waals surface area contributed by atoms with Gasteiger partial charge in [0, 0.05) is 23.1 Å². The summed E-state index contributed by atoms with van der Waals surface area (Å²) >= 11 is 3.65. The van der Waals surface area contributed by atoms with Gasteiger partial charge in [0.05, 0.1) is 7.11 Å². The third-order valence-corrected chi connectivity index (χ3v) is 4.80. The normalized spacial score (nSPS) is 24.4. The maximum absolute atomic E-state index is 5.31. The number of nitrogens with zero attached hydrogens (tertiary/aromatic N) is 1. The second-order valence-electron chi connectivity index (χ2n) is 5.12. The Morgan fingerprint density at radius 2 is 2.17 bits per heavy atom. The second-order valence-corrected chi connectivity index (χ2v) is 5.97. The first kappa shape index (κ1) is 13.9. The minimum absolute atomic E-state index is 0.688. The summed E-state index contributed by atoms with van der Waals surface area (Å²) in [6.45, 7) is 5.64. The number of likely N-dealkylation sites (tertiary alicyclic amines) is 1. The Kier molecular flexibility index (Phi) is 4.68. The average Bonchev–Trinajstić information content (AvgIpc) is 2.73. The summed E-state index contributed by atoms with van der Waals surface area (Å²) < 4.78 is 6.49. The molecule has 1 fully saturated rings. The molecule has 3 heteroatoms. The second kappa shape index (κ2) is 6.07. The van der Waals surface area contributed by atoms with E-state index in [2.05, 4.69) is 46.8 Å². The van der Waals surface area contributed by atoms with Crippen molar-refractivity contribution in [2.75, 3.05) is 7.11 Å². The lowest BCUT2D eigenvalue weighted by Gasteiger charge is -2.28. The summed E-state index contributed by atoms with van der Waals surface area (Å²) in [7, 11) is 1.72. The lowest BCUT2D eigenvalue weighted by atomic mass is 10.1. The predicted molar refractivity (Wildman–Crippen MR) is 79.0 cm³/mol. The van der Waals surface area contributed by atoms with Crippen molar-refractivity contribution in [3.05, 3.63) is 28.2 Å². The van der Waals surface area contributed by atoms with Crippen LogP contribution < -0.4 is 4.74 Å². The van der Waals surface area contributed by atoms with E-state index in [-0.39, 0.29) is 0 Å². The minimum atomic E-state index is 0.688. The molecular weight excluding hydrogens is 290 g/mol. The summed E-state index contributed by atoms with van der Waals surface area (Å²) in [5, 5.41) is 0. The summed E-state index contributed by atoms with van der Waals surface area (Å²) in [5.41, 5.74) is 1.32. The highest BCUT2D eigenvalue weighted by Gasteiger charge is 2.29. The van der Waals surface area contributed by atoms with Crippen molar-refractivity contribution < 1.29 is 4.74 Å². The summed E-state index contributed by atoms with van der Waals surface area (Å²) in [4.78, 5) is 2.62. The maximum Gasteiger partial charge on any atom is 0.119 e. The lowest BCUT2D eigenvalue weighted by molar-refractivity contribution is 0.189. The van der Waals surface area contributed by atoms with Crippen LogP contribution in [0, 0.1) is 0 Å². The highest BCUT2D eigenvalue weighted by Crippen LogP contribution is 2.31. The number of rotatable bonds is 4. The molecule has 2 rings (SSSR count). The van der Waals surface area contributed by atoms with Gasteiger partial charge < -0.3 is 4.74 Å². The lowest BCUT2D eigenvalue weighted by Crippen LogP contribution is -2.33. The number of halogens is 1. The van der Waals surface area contributed by atoms with Gasteiger partial charge in [0.25, 0.3) is 0 Å². The van der Waals surface area contributed by atoms with E-state index in [0.29, 0.717) is 6.04 Å². The van der Waals surface area contributed by atoms with Crippen LogP contribution in [-0.2, 0) is 6.54 Å². The molecule has 0 aromatic heterocycles. The Morgan fingerprint density at radius 3 is 2.83 bits per heavy atom. The molecule has 2 atom stereocenters. The van der Waals surface area contributed by atoms with Crippen molar-refractivity contribution in [3.8, 4) is 5.75 Å². The molecule has 0 aliphatic carbocycles. The van der Waals surface area contributed by atoms with E-state index in [9.17, 15) is 0 Å². The Labute approximate surface area is 118 Å². The molecule has 100 valence electrons. The van der Waals surface area contributed by atoms with Crippen molar-refractivity contribution in [3.63, 3.8) is 0 Å². The van der Waals surface area contributed by atoms with Gasteiger partial charge in [-0.2, -0.15) is 0 Å². The predicted octanol–water partition coefficient (Wildman–Crippen LogP) is 4.22. The number of benzene rings is 1. The van der Waals surface area contributed by atoms with Crippen LogP contribution in [0.5, 0.6) is 5.75 Å². The third kappa shape index (κ3) is 2.89. The molecule has 1 saturated heterocycles. The quantitative estimate of drug-likeness (QED) is 0.825. The van der Waals surface area contributed by atoms with Gasteiger partial charge in [-0.05, 0) is 49.9 Å². The molecule has 18 heavy (non-hydrogen) atoms. The zero-order valence-electron chi connectivity index (χ0n) is 11.4. The molecule has 0 spiro atoms. The summed E-state index contributed by atoms with van der Waals surface area (Å²) in [5.74, 6) is 0.938. The number of ether oxygens (including phenoxy) is 1. The smallest absolute Gasteiger partial charge is 0.119 e. The van der Waals surface area contributed by atoms with Gasteiger partial charge in [0.15, 0.2) is 0 Å². The van der Waals surface area contributed by atoms with E-state index in [1.165, 1.54) is 29.3 Å². The fourth-order valence-electron chi connectivity index (χ4n) is 2.84. The van der Waals surface area contributed by atoms with Gasteiger partial charge in [0.2, 0.25) is 0 Å². The molecule has 0 saturated carbocycles. The largest absolute Gasteiger partial charge is 0.497 e. The fourth-order valence-corrected chi connectivity index (χ4v) is 3.22. The molecule has 0 radical (unpaired) electrons. The van der Waals surface area contributed by atoms with Crippen molar-refractivity contribution in [1.82, 2.24) is 4.90 Å². The van der Waals surface area contributed by atoms with Gasteiger partial charge in [-0.25, -0.2) is 0 Å². The van der Waals surface area contributed by atoms with Gasteiger partial charge in [-0.15, -0.1) is 0 Å². The van der Waals surface area contributed by atoms with E-state index in [0.717, 1.165) is 18.3 Å². The molecular formula is C15H22BrNO. The highest BCUT2D eigenvalue weighted by atomic mass is 79.9.